The Labute approximate surface area is 92.3 Å². The molecular formula is C12H23NO2. The fraction of sp³-hybridized carbons (Fsp3) is 1.00. The van der Waals surface area contributed by atoms with Crippen LogP contribution in [0, 0.1) is 23.2 Å². The summed E-state index contributed by atoms with van der Waals surface area (Å²) in [7, 11) is 1.66. The monoisotopic (exact) mass is 213 g/mol. The van der Waals surface area contributed by atoms with Gasteiger partial charge in [0, 0.05) is 19.1 Å². The number of hydrogen-bond donors (Lipinski definition) is 1. The Bertz CT molecular complexity index is 230. The minimum atomic E-state index is 0.332. The molecule has 3 aliphatic rings. The van der Waals surface area contributed by atoms with Gasteiger partial charge >= 0.3 is 0 Å². The van der Waals surface area contributed by atoms with Crippen LogP contribution in [0.2, 0.25) is 0 Å². The topological polar surface area (TPSA) is 44.5 Å². The summed E-state index contributed by atoms with van der Waals surface area (Å²) in [4.78, 5) is 0. The van der Waals surface area contributed by atoms with Gasteiger partial charge in [0.05, 0.1) is 6.61 Å². The number of methoxy groups -OCH3 is 1. The minimum absolute atomic E-state index is 0.332. The van der Waals surface area contributed by atoms with Crippen LogP contribution in [0.5, 0.6) is 0 Å². The van der Waals surface area contributed by atoms with Crippen LogP contribution >= 0.6 is 0 Å². The van der Waals surface area contributed by atoms with Gasteiger partial charge in [-0.1, -0.05) is 13.8 Å². The average Bonchev–Trinajstić information content (AvgIpc) is 2.20. The van der Waals surface area contributed by atoms with E-state index in [4.69, 9.17) is 15.2 Å². The summed E-state index contributed by atoms with van der Waals surface area (Å²) in [6, 6.07) is 0.332. The molecule has 2 bridgehead atoms. The highest BCUT2D eigenvalue weighted by atomic mass is 16.7. The molecule has 15 heavy (non-hydrogen) atoms. The van der Waals surface area contributed by atoms with Gasteiger partial charge in [-0.3, -0.25) is 0 Å². The molecule has 0 spiro atoms. The molecule has 0 amide bonds. The van der Waals surface area contributed by atoms with Crippen molar-refractivity contribution < 1.29 is 9.47 Å². The van der Waals surface area contributed by atoms with Crippen molar-refractivity contribution in [3.05, 3.63) is 0 Å². The lowest BCUT2D eigenvalue weighted by molar-refractivity contribution is -0.146. The van der Waals surface area contributed by atoms with E-state index in [1.54, 1.807) is 7.11 Å². The van der Waals surface area contributed by atoms with Crippen LogP contribution in [-0.4, -0.2) is 26.6 Å². The molecule has 3 aliphatic carbocycles. The van der Waals surface area contributed by atoms with E-state index in [0.717, 1.165) is 18.4 Å². The van der Waals surface area contributed by atoms with E-state index in [-0.39, 0.29) is 0 Å². The summed E-state index contributed by atoms with van der Waals surface area (Å²) < 4.78 is 10.4. The first kappa shape index (κ1) is 11.4. The van der Waals surface area contributed by atoms with Crippen molar-refractivity contribution in [1.82, 2.24) is 0 Å². The summed E-state index contributed by atoms with van der Waals surface area (Å²) in [6.45, 7) is 5.90. The van der Waals surface area contributed by atoms with Crippen molar-refractivity contribution in [3.63, 3.8) is 0 Å². The summed E-state index contributed by atoms with van der Waals surface area (Å²) >= 11 is 0. The second kappa shape index (κ2) is 4.04. The van der Waals surface area contributed by atoms with E-state index in [1.165, 1.54) is 12.8 Å². The molecule has 3 fully saturated rings. The van der Waals surface area contributed by atoms with Crippen molar-refractivity contribution in [2.45, 2.75) is 32.7 Å². The van der Waals surface area contributed by atoms with Crippen LogP contribution in [0.3, 0.4) is 0 Å². The SMILES string of the molecule is COCOCC1C(N)CC2CC1C2(C)C. The quantitative estimate of drug-likeness (QED) is 0.570. The van der Waals surface area contributed by atoms with Crippen LogP contribution < -0.4 is 5.73 Å². The van der Waals surface area contributed by atoms with Crippen molar-refractivity contribution in [2.24, 2.45) is 28.9 Å². The highest BCUT2D eigenvalue weighted by Gasteiger charge is 2.56. The normalized spacial score (nSPS) is 42.4. The number of hydrogen-bond acceptors (Lipinski definition) is 3. The molecule has 3 heteroatoms. The van der Waals surface area contributed by atoms with Crippen molar-refractivity contribution >= 4 is 0 Å². The van der Waals surface area contributed by atoms with Crippen molar-refractivity contribution in [2.75, 3.05) is 20.5 Å². The predicted molar refractivity (Wildman–Crippen MR) is 59.3 cm³/mol. The maximum Gasteiger partial charge on any atom is 0.146 e. The first-order chi connectivity index (χ1) is 7.07. The second-order valence-corrected chi connectivity index (χ2v) is 5.70. The maximum atomic E-state index is 6.18. The highest BCUT2D eigenvalue weighted by molar-refractivity contribution is 5.07. The Morgan fingerprint density at radius 2 is 2.07 bits per heavy atom. The Hall–Kier alpha value is -0.120. The van der Waals surface area contributed by atoms with Gasteiger partial charge in [-0.05, 0) is 30.1 Å². The zero-order chi connectivity index (χ0) is 11.1. The molecule has 3 nitrogen and oxygen atoms in total. The highest BCUT2D eigenvalue weighted by Crippen LogP contribution is 2.60. The van der Waals surface area contributed by atoms with E-state index < -0.39 is 0 Å². The third-order valence-electron chi connectivity index (χ3n) is 4.68. The fourth-order valence-electron chi connectivity index (χ4n) is 3.49. The Balaban J connectivity index is 1.91. The second-order valence-electron chi connectivity index (χ2n) is 5.70. The van der Waals surface area contributed by atoms with Crippen LogP contribution in [-0.2, 0) is 9.47 Å². The predicted octanol–water partition coefficient (Wildman–Crippen LogP) is 1.62. The first-order valence-corrected chi connectivity index (χ1v) is 5.89. The molecule has 0 aromatic carbocycles. The number of nitrogens with two attached hydrogens (primary N) is 1. The molecule has 0 saturated heterocycles. The van der Waals surface area contributed by atoms with Crippen molar-refractivity contribution in [1.29, 1.82) is 0 Å². The molecule has 0 radical (unpaired) electrons. The van der Waals surface area contributed by atoms with Crippen molar-refractivity contribution in [3.8, 4) is 0 Å². The summed E-state index contributed by atoms with van der Waals surface area (Å²) in [5, 5.41) is 0. The Morgan fingerprint density at radius 1 is 1.33 bits per heavy atom. The molecule has 2 N–H and O–H groups in total. The zero-order valence-electron chi connectivity index (χ0n) is 10.0. The van der Waals surface area contributed by atoms with Gasteiger partial charge in [-0.25, -0.2) is 0 Å². The molecule has 4 atom stereocenters. The lowest BCUT2D eigenvalue weighted by Crippen LogP contribution is -2.60. The Morgan fingerprint density at radius 3 is 2.67 bits per heavy atom. The van der Waals surface area contributed by atoms with Gasteiger partial charge in [0.2, 0.25) is 0 Å². The summed E-state index contributed by atoms with van der Waals surface area (Å²) in [5.74, 6) is 2.12. The minimum Gasteiger partial charge on any atom is -0.359 e. The van der Waals surface area contributed by atoms with Gasteiger partial charge in [0.1, 0.15) is 6.79 Å². The largest absolute Gasteiger partial charge is 0.359 e. The third-order valence-corrected chi connectivity index (χ3v) is 4.68. The summed E-state index contributed by atoms with van der Waals surface area (Å²) in [5.41, 5.74) is 6.67. The molecule has 88 valence electrons. The van der Waals surface area contributed by atoms with Crippen LogP contribution in [0.4, 0.5) is 0 Å². The standard InChI is InChI=1S/C12H23NO2/c1-12(2)8-4-10(12)9(11(13)5-8)6-15-7-14-3/h8-11H,4-7,13H2,1-3H3. The third kappa shape index (κ3) is 1.81. The number of rotatable bonds is 4. The average molecular weight is 213 g/mol. The lowest BCUT2D eigenvalue weighted by Gasteiger charge is -2.62. The van der Waals surface area contributed by atoms with Gasteiger partial charge in [0.15, 0.2) is 0 Å². The van der Waals surface area contributed by atoms with E-state index in [9.17, 15) is 0 Å². The molecule has 3 rings (SSSR count). The van der Waals surface area contributed by atoms with E-state index >= 15 is 0 Å². The molecule has 0 aliphatic heterocycles. The Kier molecular flexibility index (Phi) is 3.06. The van der Waals surface area contributed by atoms with Gasteiger partial charge in [0.25, 0.3) is 0 Å². The summed E-state index contributed by atoms with van der Waals surface area (Å²) in [6.07, 6.45) is 2.52. The van der Waals surface area contributed by atoms with Crippen LogP contribution in [0.1, 0.15) is 26.7 Å². The van der Waals surface area contributed by atoms with E-state index in [2.05, 4.69) is 13.8 Å². The maximum absolute atomic E-state index is 6.18. The smallest absolute Gasteiger partial charge is 0.146 e. The lowest BCUT2D eigenvalue weighted by atomic mass is 9.44. The molecule has 0 aromatic rings. The molecule has 0 heterocycles. The van der Waals surface area contributed by atoms with E-state index in [0.29, 0.717) is 24.2 Å². The molecule has 4 unspecified atom stereocenters. The fourth-order valence-corrected chi connectivity index (χ4v) is 3.49. The zero-order valence-corrected chi connectivity index (χ0v) is 10.0. The molecule has 3 saturated carbocycles. The first-order valence-electron chi connectivity index (χ1n) is 5.89. The number of fused-ring (bicyclic) bond motifs is 2. The van der Waals surface area contributed by atoms with Crippen LogP contribution in [0.15, 0.2) is 0 Å². The van der Waals surface area contributed by atoms with Crippen LogP contribution in [0.25, 0.3) is 0 Å². The number of ether oxygens (including phenoxy) is 2. The molecule has 0 aromatic heterocycles. The van der Waals surface area contributed by atoms with Gasteiger partial charge in [-0.15, -0.1) is 0 Å². The van der Waals surface area contributed by atoms with Gasteiger partial charge < -0.3 is 15.2 Å². The molecular weight excluding hydrogens is 190 g/mol. The van der Waals surface area contributed by atoms with E-state index in [1.807, 2.05) is 0 Å². The van der Waals surface area contributed by atoms with Gasteiger partial charge in [-0.2, -0.15) is 0 Å².